The summed E-state index contributed by atoms with van der Waals surface area (Å²) in [4.78, 5) is 19.7. The van der Waals surface area contributed by atoms with Gasteiger partial charge in [-0.05, 0) is 23.7 Å². The second-order valence-corrected chi connectivity index (χ2v) is 5.54. The van der Waals surface area contributed by atoms with Gasteiger partial charge in [0.05, 0.1) is 5.39 Å². The normalized spacial score (nSPS) is 15.3. The molecule has 0 atom stereocenters. The van der Waals surface area contributed by atoms with Crippen molar-refractivity contribution in [2.24, 2.45) is 15.2 Å². The third kappa shape index (κ3) is 3.39. The lowest BCUT2D eigenvalue weighted by atomic mass is 10.2. The van der Waals surface area contributed by atoms with Gasteiger partial charge in [0.25, 0.3) is 0 Å². The maximum atomic E-state index is 11.4. The summed E-state index contributed by atoms with van der Waals surface area (Å²) in [5, 5.41) is 22.1. The zero-order valence-electron chi connectivity index (χ0n) is 12.4. The molecule has 118 valence electrons. The zero-order valence-corrected chi connectivity index (χ0v) is 13.2. The van der Waals surface area contributed by atoms with Gasteiger partial charge in [-0.2, -0.15) is 4.37 Å². The number of aromatic nitrogens is 2. The van der Waals surface area contributed by atoms with E-state index < -0.39 is 0 Å². The van der Waals surface area contributed by atoms with Crippen molar-refractivity contribution < 1.29 is 9.90 Å². The van der Waals surface area contributed by atoms with E-state index in [0.717, 1.165) is 5.39 Å². The molecule has 3 heterocycles. The number of nitrogens with one attached hydrogen (secondary N) is 1. The molecule has 2 aromatic heterocycles. The predicted molar refractivity (Wildman–Crippen MR) is 86.7 cm³/mol. The molecule has 0 aromatic carbocycles. The number of carbonyl (C=O) groups excluding carboxylic acids is 1. The minimum Gasteiger partial charge on any atom is -0.508 e. The Kier molecular flexibility index (Phi) is 4.38. The summed E-state index contributed by atoms with van der Waals surface area (Å²) in [5.74, 6) is 0.429. The largest absolute Gasteiger partial charge is 0.508 e. The van der Waals surface area contributed by atoms with E-state index >= 15 is 0 Å². The number of aliphatic hydroxyl groups excluding tert-OH is 1. The van der Waals surface area contributed by atoms with Gasteiger partial charge in [-0.3, -0.25) is 4.79 Å². The van der Waals surface area contributed by atoms with Crippen molar-refractivity contribution in [3.63, 3.8) is 0 Å². The lowest BCUT2D eigenvalue weighted by Gasteiger charge is -2.13. The Hall–Kier alpha value is -2.68. The summed E-state index contributed by atoms with van der Waals surface area (Å²) >= 11 is 1.21. The summed E-state index contributed by atoms with van der Waals surface area (Å²) in [7, 11) is 0. The van der Waals surface area contributed by atoms with Crippen molar-refractivity contribution in [2.75, 3.05) is 0 Å². The maximum absolute atomic E-state index is 11.4. The number of amides is 1. The van der Waals surface area contributed by atoms with Crippen LogP contribution in [0.2, 0.25) is 0 Å². The molecule has 9 heteroatoms. The third-order valence-electron chi connectivity index (χ3n) is 3.17. The Balaban J connectivity index is 1.82. The average molecular weight is 330 g/mol. The highest BCUT2D eigenvalue weighted by molar-refractivity contribution is 7.11. The number of aliphatic imine (C=N–C) groups is 1. The molecule has 2 aromatic rings. The monoisotopic (exact) mass is 330 g/mol. The minimum atomic E-state index is -0.215. The van der Waals surface area contributed by atoms with Crippen molar-refractivity contribution >= 4 is 39.3 Å². The van der Waals surface area contributed by atoms with Crippen LogP contribution in [0, 0.1) is 0 Å². The lowest BCUT2D eigenvalue weighted by Crippen LogP contribution is -2.24. The van der Waals surface area contributed by atoms with Crippen LogP contribution >= 0.6 is 11.5 Å². The van der Waals surface area contributed by atoms with Crippen molar-refractivity contribution in [3.05, 3.63) is 29.9 Å². The quantitative estimate of drug-likeness (QED) is 0.841. The van der Waals surface area contributed by atoms with Gasteiger partial charge in [-0.1, -0.05) is 6.92 Å². The summed E-state index contributed by atoms with van der Waals surface area (Å²) in [5.41, 5.74) is 0.630. The van der Waals surface area contributed by atoms with E-state index in [0.29, 0.717) is 35.7 Å². The van der Waals surface area contributed by atoms with E-state index in [1.54, 1.807) is 13.1 Å². The molecule has 3 rings (SSSR count). The lowest BCUT2D eigenvalue weighted by molar-refractivity contribution is -0.120. The molecule has 0 saturated carbocycles. The smallest absolute Gasteiger partial charge is 0.225 e. The Bertz CT molecular complexity index is 839. The number of carbonyl (C=O) groups is 1. The highest BCUT2D eigenvalue weighted by Gasteiger charge is 2.16. The van der Waals surface area contributed by atoms with E-state index in [4.69, 9.17) is 0 Å². The predicted octanol–water partition coefficient (Wildman–Crippen LogP) is 3.22. The number of hydrogen-bond acceptors (Lipinski definition) is 8. The minimum absolute atomic E-state index is 0.0539. The van der Waals surface area contributed by atoms with Crippen LogP contribution in [0.3, 0.4) is 0 Å². The van der Waals surface area contributed by atoms with Crippen LogP contribution in [0.15, 0.2) is 45.1 Å². The Morgan fingerprint density at radius 2 is 2.30 bits per heavy atom. The highest BCUT2D eigenvalue weighted by Crippen LogP contribution is 2.29. The van der Waals surface area contributed by atoms with Crippen LogP contribution in [-0.2, 0) is 4.79 Å². The Morgan fingerprint density at radius 1 is 1.43 bits per heavy atom. The molecule has 0 unspecified atom stereocenters. The van der Waals surface area contributed by atoms with Crippen molar-refractivity contribution in [2.45, 2.75) is 26.2 Å². The molecular formula is C14H14N6O2S. The van der Waals surface area contributed by atoms with E-state index in [9.17, 15) is 9.90 Å². The molecule has 0 radical (unpaired) electrons. The molecule has 8 nitrogen and oxygen atoms in total. The zero-order chi connectivity index (χ0) is 16.2. The van der Waals surface area contributed by atoms with Gasteiger partial charge in [-0.25, -0.2) is 9.98 Å². The van der Waals surface area contributed by atoms with E-state index in [-0.39, 0.29) is 17.5 Å². The van der Waals surface area contributed by atoms with Crippen molar-refractivity contribution in [1.82, 2.24) is 14.7 Å². The number of hydrogen-bond donors (Lipinski definition) is 2. The number of nitrogens with zero attached hydrogens (tertiary/aromatic N) is 5. The topological polar surface area (TPSA) is 112 Å². The summed E-state index contributed by atoms with van der Waals surface area (Å²) in [6.45, 7) is 1.73. The Labute approximate surface area is 135 Å². The molecule has 1 aliphatic rings. The standard InChI is InChI=1S/C14H14N6O2S/c1-2-11(22)17-13-9(21)5-6-10(16-13)18-19-14-8-4-3-7-15-12(8)20-23-14/h3-4,7,21H,2,5-6H2,1H3,(H,17,22)/b19-18+. The first kappa shape index (κ1) is 15.2. The molecule has 0 bridgehead atoms. The maximum Gasteiger partial charge on any atom is 0.225 e. The second-order valence-electron chi connectivity index (χ2n) is 4.79. The number of amidine groups is 1. The number of pyridine rings is 1. The fourth-order valence-corrected chi connectivity index (χ4v) is 2.59. The molecule has 0 aliphatic carbocycles. The van der Waals surface area contributed by atoms with Gasteiger partial charge in [0.15, 0.2) is 22.3 Å². The fraction of sp³-hybridized carbons (Fsp3) is 0.286. The van der Waals surface area contributed by atoms with E-state index in [1.807, 2.05) is 12.1 Å². The molecule has 2 N–H and O–H groups in total. The van der Waals surface area contributed by atoms with E-state index in [1.165, 1.54) is 11.5 Å². The molecule has 1 amide bonds. The summed E-state index contributed by atoms with van der Waals surface area (Å²) in [6.07, 6.45) is 2.80. The number of allylic oxidation sites excluding steroid dienone is 1. The fourth-order valence-electron chi connectivity index (χ4n) is 1.94. The molecule has 1 aliphatic heterocycles. The van der Waals surface area contributed by atoms with Crippen LogP contribution in [0.4, 0.5) is 5.00 Å². The number of fused-ring (bicyclic) bond motifs is 1. The third-order valence-corrected chi connectivity index (χ3v) is 3.91. The van der Waals surface area contributed by atoms with Gasteiger partial charge in [0, 0.05) is 25.5 Å². The second kappa shape index (κ2) is 6.61. The molecule has 0 spiro atoms. The summed E-state index contributed by atoms with van der Waals surface area (Å²) < 4.78 is 4.19. The van der Waals surface area contributed by atoms with Crippen LogP contribution < -0.4 is 5.32 Å². The van der Waals surface area contributed by atoms with Crippen LogP contribution in [0.5, 0.6) is 0 Å². The number of rotatable bonds is 3. The molecule has 23 heavy (non-hydrogen) atoms. The van der Waals surface area contributed by atoms with Crippen LogP contribution in [0.1, 0.15) is 26.2 Å². The molecule has 0 fully saturated rings. The Morgan fingerprint density at radius 3 is 3.13 bits per heavy atom. The van der Waals surface area contributed by atoms with E-state index in [2.05, 4.69) is 29.9 Å². The summed E-state index contributed by atoms with van der Waals surface area (Å²) in [6, 6.07) is 3.69. The molecular weight excluding hydrogens is 316 g/mol. The van der Waals surface area contributed by atoms with Gasteiger partial charge in [0.2, 0.25) is 5.91 Å². The SMILES string of the molecule is CCC(=O)NC1=C(O)CCC(/N=N/c2snc3ncccc23)=N1. The van der Waals surface area contributed by atoms with Crippen LogP contribution in [0.25, 0.3) is 11.0 Å². The first-order valence-electron chi connectivity index (χ1n) is 7.09. The van der Waals surface area contributed by atoms with Gasteiger partial charge < -0.3 is 10.4 Å². The van der Waals surface area contributed by atoms with Crippen LogP contribution in [-0.4, -0.2) is 26.2 Å². The number of azo groups is 1. The molecule has 0 saturated heterocycles. The first-order valence-corrected chi connectivity index (χ1v) is 7.86. The van der Waals surface area contributed by atoms with Gasteiger partial charge in [0.1, 0.15) is 5.76 Å². The number of aliphatic hydroxyl groups is 1. The van der Waals surface area contributed by atoms with Gasteiger partial charge in [-0.15, -0.1) is 10.2 Å². The van der Waals surface area contributed by atoms with Crippen molar-refractivity contribution in [1.29, 1.82) is 0 Å². The average Bonchev–Trinajstić information content (AvgIpc) is 2.98. The van der Waals surface area contributed by atoms with Gasteiger partial charge >= 0.3 is 0 Å². The highest BCUT2D eigenvalue weighted by atomic mass is 32.1. The van der Waals surface area contributed by atoms with Crippen molar-refractivity contribution in [3.8, 4) is 0 Å². The first-order chi connectivity index (χ1) is 11.2.